The van der Waals surface area contributed by atoms with E-state index in [2.05, 4.69) is 4.84 Å². The first-order valence-electron chi connectivity index (χ1n) is 9.80. The normalized spacial score (nSPS) is 14.9. The van der Waals surface area contributed by atoms with Gasteiger partial charge in [-0.1, -0.05) is 29.3 Å². The molecule has 0 radical (unpaired) electrons. The number of fused-ring (bicyclic) bond motifs is 2. The Morgan fingerprint density at radius 2 is 1.48 bits per heavy atom. The van der Waals surface area contributed by atoms with Gasteiger partial charge in [0.05, 0.1) is 0 Å². The molecule has 8 heteroatoms. The largest absolute Gasteiger partial charge is 0.534 e. The summed E-state index contributed by atoms with van der Waals surface area (Å²) in [5.74, 6) is -1.32. The van der Waals surface area contributed by atoms with Crippen molar-refractivity contribution < 1.29 is 33.5 Å². The summed E-state index contributed by atoms with van der Waals surface area (Å²) in [6.07, 6.45) is -0.333. The Bertz CT molecular complexity index is 1120. The monoisotopic (exact) mass is 421 g/mol. The third-order valence-corrected chi connectivity index (χ3v) is 5.20. The molecule has 0 atom stereocenters. The van der Waals surface area contributed by atoms with Crippen LogP contribution in [0.5, 0.6) is 0 Å². The van der Waals surface area contributed by atoms with Gasteiger partial charge >= 0.3 is 6.16 Å². The molecule has 0 unspecified atom stereocenters. The highest BCUT2D eigenvalue weighted by Gasteiger charge is 2.33. The number of carbonyl (C=O) groups is 5. The van der Waals surface area contributed by atoms with Crippen LogP contribution in [-0.2, 0) is 43.4 Å². The molecule has 1 aliphatic heterocycles. The van der Waals surface area contributed by atoms with Gasteiger partial charge in [0.25, 0.3) is 11.8 Å². The van der Waals surface area contributed by atoms with Gasteiger partial charge in [-0.15, -0.1) is 0 Å². The highest BCUT2D eigenvalue weighted by Crippen LogP contribution is 2.29. The molecule has 1 aliphatic carbocycles. The zero-order chi connectivity index (χ0) is 22.1. The van der Waals surface area contributed by atoms with Crippen LogP contribution in [0, 0.1) is 0 Å². The number of ketones is 2. The third kappa shape index (κ3) is 4.23. The Labute approximate surface area is 177 Å². The molecule has 0 N–H and O–H groups in total. The van der Waals surface area contributed by atoms with Gasteiger partial charge in [0, 0.05) is 30.4 Å². The van der Waals surface area contributed by atoms with Gasteiger partial charge in [-0.3, -0.25) is 24.0 Å². The lowest BCUT2D eigenvalue weighted by molar-refractivity contribution is -0.177. The Morgan fingerprint density at radius 3 is 2.10 bits per heavy atom. The maximum absolute atomic E-state index is 13.0. The quantitative estimate of drug-likeness (QED) is 0.460. The smallest absolute Gasteiger partial charge is 0.428 e. The Hall–Kier alpha value is -3.81. The first kappa shape index (κ1) is 20.5. The molecule has 2 aliphatic rings. The SMILES string of the molecule is CC(=O)Cc1ccc2c(c1)C(=O)c1cc(COC(=O)ON3C(=O)CCC3=O)ccc1C2. The molecule has 4 rings (SSSR count). The molecule has 0 saturated carbocycles. The van der Waals surface area contributed by atoms with Crippen LogP contribution in [0.4, 0.5) is 4.79 Å². The van der Waals surface area contributed by atoms with Gasteiger partial charge in [0.2, 0.25) is 0 Å². The lowest BCUT2D eigenvalue weighted by atomic mass is 9.83. The zero-order valence-electron chi connectivity index (χ0n) is 16.8. The van der Waals surface area contributed by atoms with Crippen molar-refractivity contribution in [2.75, 3.05) is 0 Å². The van der Waals surface area contributed by atoms with Crippen molar-refractivity contribution in [3.8, 4) is 0 Å². The second-order valence-corrected chi connectivity index (χ2v) is 7.58. The molecule has 1 saturated heterocycles. The lowest BCUT2D eigenvalue weighted by Gasteiger charge is -2.20. The average Bonchev–Trinajstić information content (AvgIpc) is 3.04. The fourth-order valence-electron chi connectivity index (χ4n) is 3.72. The molecule has 1 heterocycles. The number of rotatable bonds is 5. The van der Waals surface area contributed by atoms with E-state index in [0.29, 0.717) is 28.2 Å². The van der Waals surface area contributed by atoms with Gasteiger partial charge < -0.3 is 4.74 Å². The van der Waals surface area contributed by atoms with E-state index in [4.69, 9.17) is 4.74 Å². The molecule has 1 fully saturated rings. The maximum atomic E-state index is 13.0. The second-order valence-electron chi connectivity index (χ2n) is 7.58. The van der Waals surface area contributed by atoms with Gasteiger partial charge in [-0.05, 0) is 47.7 Å². The van der Waals surface area contributed by atoms with Crippen molar-refractivity contribution in [1.29, 1.82) is 0 Å². The first-order chi connectivity index (χ1) is 14.8. The molecule has 2 aromatic rings. The van der Waals surface area contributed by atoms with E-state index in [1.807, 2.05) is 12.1 Å². The standard InChI is InChI=1S/C23H19NO7/c1-13(25)8-14-2-4-16-11-17-5-3-15(10-19(17)22(28)18(16)9-14)12-30-23(29)31-24-20(26)6-7-21(24)27/h2-5,9-10H,6-8,11-12H2,1H3. The molecule has 0 spiro atoms. The molecular formula is C23H19NO7. The predicted molar refractivity (Wildman–Crippen MR) is 106 cm³/mol. The molecular weight excluding hydrogens is 402 g/mol. The van der Waals surface area contributed by atoms with Crippen LogP contribution in [0.1, 0.15) is 57.9 Å². The molecule has 2 amide bonds. The minimum Gasteiger partial charge on any atom is -0.428 e. The summed E-state index contributed by atoms with van der Waals surface area (Å²) in [5, 5.41) is 0.411. The number of carbonyl (C=O) groups excluding carboxylic acids is 5. The number of nitrogens with zero attached hydrogens (tertiary/aromatic N) is 1. The van der Waals surface area contributed by atoms with Crippen LogP contribution in [0.2, 0.25) is 0 Å². The van der Waals surface area contributed by atoms with Crippen molar-refractivity contribution in [2.24, 2.45) is 0 Å². The van der Waals surface area contributed by atoms with Gasteiger partial charge in [0.1, 0.15) is 12.4 Å². The molecule has 0 bridgehead atoms. The number of hydroxylamine groups is 2. The van der Waals surface area contributed by atoms with E-state index in [1.54, 1.807) is 24.3 Å². The van der Waals surface area contributed by atoms with E-state index in [-0.39, 0.29) is 37.4 Å². The van der Waals surface area contributed by atoms with E-state index in [0.717, 1.165) is 16.7 Å². The fourth-order valence-corrected chi connectivity index (χ4v) is 3.72. The molecule has 31 heavy (non-hydrogen) atoms. The van der Waals surface area contributed by atoms with E-state index < -0.39 is 18.0 Å². The van der Waals surface area contributed by atoms with Crippen LogP contribution in [0.3, 0.4) is 0 Å². The highest BCUT2D eigenvalue weighted by atomic mass is 16.8. The van der Waals surface area contributed by atoms with Crippen LogP contribution in [0.25, 0.3) is 0 Å². The Morgan fingerprint density at radius 1 is 0.903 bits per heavy atom. The number of hydrogen-bond donors (Lipinski definition) is 0. The third-order valence-electron chi connectivity index (χ3n) is 5.20. The highest BCUT2D eigenvalue weighted by molar-refractivity contribution is 6.12. The summed E-state index contributed by atoms with van der Waals surface area (Å²) in [6, 6.07) is 10.7. The zero-order valence-corrected chi connectivity index (χ0v) is 16.8. The van der Waals surface area contributed by atoms with Crippen molar-refractivity contribution >= 4 is 29.5 Å². The van der Waals surface area contributed by atoms with Crippen LogP contribution < -0.4 is 0 Å². The van der Waals surface area contributed by atoms with E-state index in [1.165, 1.54) is 6.92 Å². The number of hydrogen-bond acceptors (Lipinski definition) is 7. The second kappa shape index (κ2) is 8.14. The van der Waals surface area contributed by atoms with E-state index in [9.17, 15) is 24.0 Å². The van der Waals surface area contributed by atoms with Gasteiger partial charge in [-0.25, -0.2) is 4.79 Å². The van der Waals surface area contributed by atoms with Gasteiger partial charge in [0.15, 0.2) is 5.78 Å². The van der Waals surface area contributed by atoms with E-state index >= 15 is 0 Å². The molecule has 2 aromatic carbocycles. The number of Topliss-reactive ketones (excluding diaryl/α,β-unsaturated/α-hetero) is 1. The van der Waals surface area contributed by atoms with Crippen molar-refractivity contribution in [1.82, 2.24) is 5.06 Å². The summed E-state index contributed by atoms with van der Waals surface area (Å²) in [5.41, 5.74) is 4.18. The maximum Gasteiger partial charge on any atom is 0.534 e. The lowest BCUT2D eigenvalue weighted by Crippen LogP contribution is -2.32. The number of imide groups is 1. The number of ether oxygens (including phenoxy) is 1. The number of benzene rings is 2. The Balaban J connectivity index is 1.46. The topological polar surface area (TPSA) is 107 Å². The van der Waals surface area contributed by atoms with Crippen LogP contribution in [0.15, 0.2) is 36.4 Å². The summed E-state index contributed by atoms with van der Waals surface area (Å²) in [7, 11) is 0. The summed E-state index contributed by atoms with van der Waals surface area (Å²) < 4.78 is 4.99. The van der Waals surface area contributed by atoms with Crippen LogP contribution in [-0.4, -0.2) is 34.6 Å². The van der Waals surface area contributed by atoms with Gasteiger partial charge in [-0.2, -0.15) is 0 Å². The number of amides is 2. The first-order valence-corrected chi connectivity index (χ1v) is 9.80. The van der Waals surface area contributed by atoms with Crippen LogP contribution >= 0.6 is 0 Å². The molecule has 158 valence electrons. The summed E-state index contributed by atoms with van der Waals surface area (Å²) in [6.45, 7) is 1.32. The minimum atomic E-state index is -1.17. The predicted octanol–water partition coefficient (Wildman–Crippen LogP) is 2.67. The van der Waals surface area contributed by atoms with Crippen molar-refractivity contribution in [2.45, 2.75) is 39.2 Å². The summed E-state index contributed by atoms with van der Waals surface area (Å²) in [4.78, 5) is 63.9. The summed E-state index contributed by atoms with van der Waals surface area (Å²) >= 11 is 0. The van der Waals surface area contributed by atoms with Crippen molar-refractivity contribution in [3.05, 3.63) is 69.8 Å². The molecule has 8 nitrogen and oxygen atoms in total. The minimum absolute atomic E-state index is 0.00531. The average molecular weight is 421 g/mol. The van der Waals surface area contributed by atoms with Crippen molar-refractivity contribution in [3.63, 3.8) is 0 Å². The molecule has 0 aromatic heterocycles. The fraction of sp³-hybridized carbons (Fsp3) is 0.261. The Kier molecular flexibility index (Phi) is 5.37.